The minimum absolute atomic E-state index is 0.0295. The minimum atomic E-state index is -1.45. The standard InChI is InChI=1S/C19H36N8O6S/c1-9(2)6-11(25-15(29)10(20)4-3-5-24-19(22)23)16(30)26-12(7-14(21)28)17(31)27-13(8-34)18(32)33/h9-13,34H,3-8,20H2,1-2H3,(H2,21,28)(H,25,29)(H,26,30)(H,27,31)(H,32,33)(H4,22,23,24). The Balaban J connectivity index is 5.33. The Kier molecular flexibility index (Phi) is 14.3. The SMILES string of the molecule is CC(C)CC(NC(=O)C(N)CCCN=C(N)N)C(=O)NC(CC(N)=O)C(=O)NC(CS)C(=O)O. The Morgan fingerprint density at radius 3 is 1.91 bits per heavy atom. The molecular weight excluding hydrogens is 468 g/mol. The molecule has 14 nitrogen and oxygen atoms in total. The van der Waals surface area contributed by atoms with E-state index >= 15 is 0 Å². The number of nitrogens with zero attached hydrogens (tertiary/aromatic N) is 1. The van der Waals surface area contributed by atoms with Crippen LogP contribution in [-0.2, 0) is 24.0 Å². The maximum Gasteiger partial charge on any atom is 0.327 e. The molecule has 0 rings (SSSR count). The van der Waals surface area contributed by atoms with Crippen molar-refractivity contribution in [1.82, 2.24) is 16.0 Å². The van der Waals surface area contributed by atoms with Gasteiger partial charge in [-0.2, -0.15) is 12.6 Å². The molecule has 0 radical (unpaired) electrons. The zero-order valence-electron chi connectivity index (χ0n) is 19.3. The second kappa shape index (κ2) is 15.7. The smallest absolute Gasteiger partial charge is 0.327 e. The molecule has 0 spiro atoms. The van der Waals surface area contributed by atoms with Crippen molar-refractivity contribution in [3.05, 3.63) is 0 Å². The maximum absolute atomic E-state index is 12.9. The lowest BCUT2D eigenvalue weighted by atomic mass is 10.0. The number of carbonyl (C=O) groups excluding carboxylic acids is 4. The molecule has 0 bridgehead atoms. The fraction of sp³-hybridized carbons (Fsp3) is 0.684. The zero-order chi connectivity index (χ0) is 26.4. The van der Waals surface area contributed by atoms with Crippen LogP contribution in [0, 0.1) is 5.92 Å². The number of nitrogens with two attached hydrogens (primary N) is 4. The molecule has 4 atom stereocenters. The van der Waals surface area contributed by atoms with Gasteiger partial charge in [-0.3, -0.25) is 24.2 Å². The van der Waals surface area contributed by atoms with E-state index < -0.39 is 60.2 Å². The van der Waals surface area contributed by atoms with Crippen LogP contribution in [0.4, 0.5) is 0 Å². The first-order chi connectivity index (χ1) is 15.8. The Morgan fingerprint density at radius 1 is 0.912 bits per heavy atom. The largest absolute Gasteiger partial charge is 0.480 e. The number of primary amides is 1. The third-order valence-corrected chi connectivity index (χ3v) is 4.85. The second-order valence-corrected chi connectivity index (χ2v) is 8.42. The molecule has 0 aliphatic rings. The van der Waals surface area contributed by atoms with E-state index in [0.717, 1.165) is 0 Å². The van der Waals surface area contributed by atoms with Gasteiger partial charge in [-0.15, -0.1) is 0 Å². The number of hydrogen-bond donors (Lipinski definition) is 9. The number of hydrogen-bond acceptors (Lipinski definition) is 8. The topological polar surface area (TPSA) is 258 Å². The molecule has 0 aliphatic carbocycles. The lowest BCUT2D eigenvalue weighted by molar-refractivity contribution is -0.141. The summed E-state index contributed by atoms with van der Waals surface area (Å²) in [6.45, 7) is 3.92. The van der Waals surface area contributed by atoms with Crippen LogP contribution in [0.25, 0.3) is 0 Å². The van der Waals surface area contributed by atoms with Crippen LogP contribution in [0.1, 0.15) is 39.5 Å². The summed E-state index contributed by atoms with van der Waals surface area (Å²) in [5.74, 6) is -4.85. The van der Waals surface area contributed by atoms with Gasteiger partial charge in [0.15, 0.2) is 5.96 Å². The van der Waals surface area contributed by atoms with Crippen LogP contribution in [0.3, 0.4) is 0 Å². The van der Waals surface area contributed by atoms with Gasteiger partial charge in [0.05, 0.1) is 12.5 Å². The van der Waals surface area contributed by atoms with E-state index in [2.05, 4.69) is 33.6 Å². The number of rotatable bonds is 16. The van der Waals surface area contributed by atoms with E-state index in [1.165, 1.54) is 0 Å². The Morgan fingerprint density at radius 2 is 1.44 bits per heavy atom. The molecule has 0 saturated carbocycles. The molecular formula is C19H36N8O6S. The molecule has 12 N–H and O–H groups in total. The monoisotopic (exact) mass is 504 g/mol. The van der Waals surface area contributed by atoms with Crippen molar-refractivity contribution < 1.29 is 29.1 Å². The molecule has 0 heterocycles. The van der Waals surface area contributed by atoms with Gasteiger partial charge < -0.3 is 44.0 Å². The molecule has 194 valence electrons. The number of amides is 4. The van der Waals surface area contributed by atoms with E-state index in [-0.39, 0.29) is 37.0 Å². The van der Waals surface area contributed by atoms with E-state index in [0.29, 0.717) is 6.42 Å². The maximum atomic E-state index is 12.9. The molecule has 4 amide bonds. The highest BCUT2D eigenvalue weighted by Crippen LogP contribution is 2.07. The molecule has 0 aromatic carbocycles. The van der Waals surface area contributed by atoms with Crippen LogP contribution >= 0.6 is 12.6 Å². The van der Waals surface area contributed by atoms with Gasteiger partial charge in [-0.25, -0.2) is 4.79 Å². The van der Waals surface area contributed by atoms with E-state index in [1.54, 1.807) is 0 Å². The summed E-state index contributed by atoms with van der Waals surface area (Å²) in [6.07, 6.45) is 0.316. The third kappa shape index (κ3) is 12.8. The van der Waals surface area contributed by atoms with Gasteiger partial charge in [0, 0.05) is 12.3 Å². The number of aliphatic imine (C=N–C) groups is 1. The third-order valence-electron chi connectivity index (χ3n) is 4.48. The predicted molar refractivity (Wildman–Crippen MR) is 128 cm³/mol. The average Bonchev–Trinajstić information content (AvgIpc) is 2.72. The van der Waals surface area contributed by atoms with Crippen LogP contribution in [0.5, 0.6) is 0 Å². The highest BCUT2D eigenvalue weighted by atomic mass is 32.1. The molecule has 0 fully saturated rings. The number of carbonyl (C=O) groups is 5. The fourth-order valence-electron chi connectivity index (χ4n) is 2.77. The van der Waals surface area contributed by atoms with E-state index in [9.17, 15) is 24.0 Å². The first kappa shape index (κ1) is 30.9. The normalized spacial score (nSPS) is 14.3. The van der Waals surface area contributed by atoms with E-state index in [4.69, 9.17) is 28.0 Å². The van der Waals surface area contributed by atoms with E-state index in [1.807, 2.05) is 13.8 Å². The number of nitrogens with one attached hydrogen (secondary N) is 3. The van der Waals surface area contributed by atoms with Gasteiger partial charge in [0.25, 0.3) is 0 Å². The van der Waals surface area contributed by atoms with Crippen LogP contribution in [-0.4, -0.2) is 77.1 Å². The lowest BCUT2D eigenvalue weighted by Crippen LogP contribution is -2.58. The molecule has 34 heavy (non-hydrogen) atoms. The zero-order valence-corrected chi connectivity index (χ0v) is 20.2. The summed E-state index contributed by atoms with van der Waals surface area (Å²) in [5, 5.41) is 16.2. The summed E-state index contributed by atoms with van der Waals surface area (Å²) in [4.78, 5) is 64.2. The average molecular weight is 505 g/mol. The summed E-state index contributed by atoms with van der Waals surface area (Å²) >= 11 is 3.85. The molecule has 0 aliphatic heterocycles. The van der Waals surface area contributed by atoms with Gasteiger partial charge >= 0.3 is 5.97 Å². The Labute approximate surface area is 203 Å². The van der Waals surface area contributed by atoms with Crippen molar-refractivity contribution >= 4 is 48.2 Å². The summed E-state index contributed by atoms with van der Waals surface area (Å²) < 4.78 is 0. The van der Waals surface area contributed by atoms with Crippen molar-refractivity contribution in [2.75, 3.05) is 12.3 Å². The second-order valence-electron chi connectivity index (χ2n) is 8.06. The molecule has 4 unspecified atom stereocenters. The van der Waals surface area contributed by atoms with Gasteiger partial charge in [-0.1, -0.05) is 13.8 Å². The van der Waals surface area contributed by atoms with Gasteiger partial charge in [0.1, 0.15) is 18.1 Å². The van der Waals surface area contributed by atoms with Crippen molar-refractivity contribution in [1.29, 1.82) is 0 Å². The number of aliphatic carboxylic acids is 1. The summed E-state index contributed by atoms with van der Waals surface area (Å²) in [7, 11) is 0. The molecule has 15 heteroatoms. The number of guanidine groups is 1. The first-order valence-electron chi connectivity index (χ1n) is 10.6. The highest BCUT2D eigenvalue weighted by molar-refractivity contribution is 7.80. The first-order valence-corrected chi connectivity index (χ1v) is 11.3. The minimum Gasteiger partial charge on any atom is -0.480 e. The van der Waals surface area contributed by atoms with Crippen molar-refractivity contribution in [3.8, 4) is 0 Å². The van der Waals surface area contributed by atoms with Gasteiger partial charge in [-0.05, 0) is 25.2 Å². The Bertz CT molecular complexity index is 759. The molecule has 0 aromatic heterocycles. The van der Waals surface area contributed by atoms with Crippen molar-refractivity contribution in [2.24, 2.45) is 33.8 Å². The highest BCUT2D eigenvalue weighted by Gasteiger charge is 2.31. The van der Waals surface area contributed by atoms with Crippen LogP contribution in [0.15, 0.2) is 4.99 Å². The molecule has 0 saturated heterocycles. The van der Waals surface area contributed by atoms with Crippen LogP contribution < -0.4 is 38.9 Å². The number of thiol groups is 1. The van der Waals surface area contributed by atoms with Crippen molar-refractivity contribution in [3.63, 3.8) is 0 Å². The molecule has 0 aromatic rings. The fourth-order valence-corrected chi connectivity index (χ4v) is 3.02. The van der Waals surface area contributed by atoms with Crippen LogP contribution in [0.2, 0.25) is 0 Å². The predicted octanol–water partition coefficient (Wildman–Crippen LogP) is -3.24. The summed E-state index contributed by atoms with van der Waals surface area (Å²) in [5.41, 5.74) is 21.5. The summed E-state index contributed by atoms with van der Waals surface area (Å²) in [6, 6.07) is -4.80. The Hall–Kier alpha value is -3.07. The van der Waals surface area contributed by atoms with Crippen molar-refractivity contribution in [2.45, 2.75) is 63.7 Å². The number of carboxylic acid groups (broad SMARTS) is 1. The quantitative estimate of drug-likeness (QED) is 0.0442. The number of carboxylic acids is 1. The van der Waals surface area contributed by atoms with Gasteiger partial charge in [0.2, 0.25) is 23.6 Å². The lowest BCUT2D eigenvalue weighted by Gasteiger charge is -2.25.